The van der Waals surface area contributed by atoms with Gasteiger partial charge in [-0.25, -0.2) is 0 Å². The molecule has 2 nitrogen and oxygen atoms in total. The summed E-state index contributed by atoms with van der Waals surface area (Å²) in [5.41, 5.74) is 1.14. The van der Waals surface area contributed by atoms with Gasteiger partial charge in [-0.3, -0.25) is 4.79 Å². The zero-order chi connectivity index (χ0) is 14.5. The Morgan fingerprint density at radius 2 is 1.90 bits per heavy atom. The van der Waals surface area contributed by atoms with E-state index in [9.17, 15) is 4.79 Å². The van der Waals surface area contributed by atoms with Crippen molar-refractivity contribution in [2.45, 2.75) is 6.54 Å². The third-order valence-electron chi connectivity index (χ3n) is 2.71. The van der Waals surface area contributed by atoms with Crippen LogP contribution in [0.3, 0.4) is 0 Å². The van der Waals surface area contributed by atoms with Crippen LogP contribution in [0.4, 0.5) is 0 Å². The first kappa shape index (κ1) is 16.2. The van der Waals surface area contributed by atoms with E-state index in [2.05, 4.69) is 47.8 Å². The van der Waals surface area contributed by atoms with Crippen molar-refractivity contribution in [2.75, 3.05) is 11.9 Å². The third-order valence-corrected chi connectivity index (χ3v) is 6.31. The summed E-state index contributed by atoms with van der Waals surface area (Å²) in [6.07, 6.45) is 0. The Balaban J connectivity index is 2.17. The van der Waals surface area contributed by atoms with E-state index < -0.39 is 0 Å². The van der Waals surface area contributed by atoms with Crippen LogP contribution in [0.1, 0.15) is 15.2 Å². The molecule has 20 heavy (non-hydrogen) atoms. The molecule has 106 valence electrons. The van der Waals surface area contributed by atoms with Crippen molar-refractivity contribution in [2.24, 2.45) is 0 Å². The lowest BCUT2D eigenvalue weighted by molar-refractivity contribution is 0.0759. The second-order valence-electron chi connectivity index (χ2n) is 4.13. The van der Waals surface area contributed by atoms with Crippen LogP contribution in [0.5, 0.6) is 0 Å². The quantitative estimate of drug-likeness (QED) is 0.530. The fraction of sp³-hybridized carbons (Fsp3) is 0.214. The Kier molecular flexibility index (Phi) is 6.26. The number of halogens is 3. The molecule has 0 N–H and O–H groups in total. The van der Waals surface area contributed by atoms with Crippen molar-refractivity contribution in [3.05, 3.63) is 55.1 Å². The number of nitrogens with zero attached hydrogens (tertiary/aromatic N) is 1. The van der Waals surface area contributed by atoms with Gasteiger partial charge in [0, 0.05) is 22.9 Å². The Hall–Kier alpha value is -0.170. The van der Waals surface area contributed by atoms with Gasteiger partial charge < -0.3 is 4.90 Å². The maximum atomic E-state index is 12.6. The molecule has 0 unspecified atom stereocenters. The summed E-state index contributed by atoms with van der Waals surface area (Å²) >= 11 is 11.7. The first-order valence-corrected chi connectivity index (χ1v) is 9.48. The van der Waals surface area contributed by atoms with Crippen molar-refractivity contribution in [1.82, 2.24) is 4.90 Å². The lowest BCUT2D eigenvalue weighted by atomic mass is 10.2. The van der Waals surface area contributed by atoms with E-state index in [-0.39, 0.29) is 5.91 Å². The Morgan fingerprint density at radius 3 is 2.45 bits per heavy atom. The van der Waals surface area contributed by atoms with Crippen LogP contribution >= 0.6 is 59.1 Å². The molecule has 2 rings (SSSR count). The highest BCUT2D eigenvalue weighted by molar-refractivity contribution is 9.13. The second-order valence-corrected chi connectivity index (χ2v) is 8.15. The molecule has 6 heteroatoms. The van der Waals surface area contributed by atoms with Crippen LogP contribution in [0, 0.1) is 0 Å². The lowest BCUT2D eigenvalue weighted by Gasteiger charge is -2.21. The molecule has 0 spiro atoms. The minimum atomic E-state index is 0.0599. The van der Waals surface area contributed by atoms with Crippen LogP contribution in [0.2, 0.25) is 0 Å². The number of hydrogen-bond donors (Lipinski definition) is 0. The summed E-state index contributed by atoms with van der Waals surface area (Å²) in [4.78, 5) is 15.2. The van der Waals surface area contributed by atoms with Crippen molar-refractivity contribution in [3.63, 3.8) is 0 Å². The molecule has 0 fully saturated rings. The lowest BCUT2D eigenvalue weighted by Crippen LogP contribution is -2.31. The average molecular weight is 482 g/mol. The SMILES string of the molecule is O=C(c1cc(Br)c(Br)s1)N(CCBr)Cc1ccccc1. The van der Waals surface area contributed by atoms with Gasteiger partial charge in [0.1, 0.15) is 0 Å². The molecular weight excluding hydrogens is 470 g/mol. The van der Waals surface area contributed by atoms with E-state index in [4.69, 9.17) is 0 Å². The number of benzene rings is 1. The maximum Gasteiger partial charge on any atom is 0.264 e. The summed E-state index contributed by atoms with van der Waals surface area (Å²) in [5, 5.41) is 0.763. The molecule has 0 aliphatic carbocycles. The minimum Gasteiger partial charge on any atom is -0.333 e. The predicted octanol–water partition coefficient (Wildman–Crippen LogP) is 5.31. The molecule has 1 aromatic heterocycles. The largest absolute Gasteiger partial charge is 0.333 e. The molecule has 0 aliphatic rings. The third kappa shape index (κ3) is 4.16. The number of thiophene rings is 1. The van der Waals surface area contributed by atoms with E-state index in [1.54, 1.807) is 0 Å². The number of carbonyl (C=O) groups is 1. The highest BCUT2D eigenvalue weighted by Gasteiger charge is 2.19. The molecule has 0 radical (unpaired) electrons. The van der Waals surface area contributed by atoms with Crippen LogP contribution in [-0.2, 0) is 6.54 Å². The fourth-order valence-electron chi connectivity index (χ4n) is 1.77. The minimum absolute atomic E-state index is 0.0599. The summed E-state index contributed by atoms with van der Waals surface area (Å²) < 4.78 is 1.86. The van der Waals surface area contributed by atoms with Gasteiger partial charge in [0.05, 0.1) is 8.66 Å². The van der Waals surface area contributed by atoms with E-state index in [0.29, 0.717) is 13.1 Å². The predicted molar refractivity (Wildman–Crippen MR) is 94.7 cm³/mol. The molecule has 1 amide bonds. The number of amides is 1. The van der Waals surface area contributed by atoms with E-state index >= 15 is 0 Å². The van der Waals surface area contributed by atoms with E-state index in [1.165, 1.54) is 11.3 Å². The molecule has 0 saturated heterocycles. The van der Waals surface area contributed by atoms with Gasteiger partial charge >= 0.3 is 0 Å². The first-order valence-electron chi connectivity index (χ1n) is 5.96. The highest BCUT2D eigenvalue weighted by atomic mass is 79.9. The molecular formula is C14H12Br3NOS. The molecule has 1 aromatic carbocycles. The normalized spacial score (nSPS) is 10.6. The van der Waals surface area contributed by atoms with Crippen LogP contribution in [0.25, 0.3) is 0 Å². The molecule has 0 aliphatic heterocycles. The maximum absolute atomic E-state index is 12.6. The summed E-state index contributed by atoms with van der Waals surface area (Å²) in [7, 11) is 0. The molecule has 1 heterocycles. The summed E-state index contributed by atoms with van der Waals surface area (Å²) in [5.74, 6) is 0.0599. The van der Waals surface area contributed by atoms with E-state index in [0.717, 1.165) is 24.0 Å². The molecule has 0 saturated carbocycles. The monoisotopic (exact) mass is 479 g/mol. The number of carbonyl (C=O) groups excluding carboxylic acids is 1. The topological polar surface area (TPSA) is 20.3 Å². The standard InChI is InChI=1S/C14H12Br3NOS/c15-6-7-18(9-10-4-2-1-3-5-10)14(19)12-8-11(16)13(17)20-12/h1-5,8H,6-7,9H2. The van der Waals surface area contributed by atoms with Gasteiger partial charge in [-0.15, -0.1) is 11.3 Å². The Morgan fingerprint density at radius 1 is 1.20 bits per heavy atom. The smallest absolute Gasteiger partial charge is 0.264 e. The number of alkyl halides is 1. The van der Waals surface area contributed by atoms with Crippen molar-refractivity contribution in [1.29, 1.82) is 0 Å². The van der Waals surface area contributed by atoms with Crippen LogP contribution in [-0.4, -0.2) is 22.7 Å². The fourth-order valence-corrected chi connectivity index (χ4v) is 4.20. The number of hydrogen-bond acceptors (Lipinski definition) is 2. The van der Waals surface area contributed by atoms with E-state index in [1.807, 2.05) is 41.3 Å². The average Bonchev–Trinajstić information content (AvgIpc) is 2.78. The van der Waals surface area contributed by atoms with Crippen molar-refractivity contribution in [3.8, 4) is 0 Å². The molecule has 0 atom stereocenters. The zero-order valence-corrected chi connectivity index (χ0v) is 16.1. The van der Waals surface area contributed by atoms with Gasteiger partial charge in [-0.2, -0.15) is 0 Å². The Labute approximate surface area is 147 Å². The van der Waals surface area contributed by atoms with Gasteiger partial charge in [0.2, 0.25) is 0 Å². The zero-order valence-electron chi connectivity index (χ0n) is 10.5. The first-order chi connectivity index (χ1) is 9.61. The van der Waals surface area contributed by atoms with Gasteiger partial charge in [-0.05, 0) is 43.5 Å². The number of rotatable bonds is 5. The highest BCUT2D eigenvalue weighted by Crippen LogP contribution is 2.33. The summed E-state index contributed by atoms with van der Waals surface area (Å²) in [6.45, 7) is 1.30. The van der Waals surface area contributed by atoms with Gasteiger partial charge in [0.15, 0.2) is 0 Å². The molecule has 0 bridgehead atoms. The second kappa shape index (κ2) is 7.73. The van der Waals surface area contributed by atoms with Gasteiger partial charge in [0.25, 0.3) is 5.91 Å². The van der Waals surface area contributed by atoms with Crippen LogP contribution in [0.15, 0.2) is 44.7 Å². The van der Waals surface area contributed by atoms with Crippen molar-refractivity contribution >= 4 is 65.0 Å². The van der Waals surface area contributed by atoms with Crippen LogP contribution < -0.4 is 0 Å². The van der Waals surface area contributed by atoms with Crippen molar-refractivity contribution < 1.29 is 4.79 Å². The Bertz CT molecular complexity index is 566. The van der Waals surface area contributed by atoms with Gasteiger partial charge in [-0.1, -0.05) is 46.3 Å². The molecule has 2 aromatic rings. The summed E-state index contributed by atoms with van der Waals surface area (Å²) in [6, 6.07) is 11.9.